The van der Waals surface area contributed by atoms with Crippen LogP contribution in [0.3, 0.4) is 0 Å². The number of halogens is 3. The number of hydrogen-bond donors (Lipinski definition) is 3. The highest BCUT2D eigenvalue weighted by atomic mass is 32.2. The van der Waals surface area contributed by atoms with E-state index >= 15 is 0 Å². The van der Waals surface area contributed by atoms with E-state index in [1.165, 1.54) is 23.2 Å². The van der Waals surface area contributed by atoms with E-state index in [9.17, 15) is 26.4 Å². The monoisotopic (exact) mass is 491 g/mol. The number of carbonyl (C=O) groups is 1. The van der Waals surface area contributed by atoms with Crippen LogP contribution in [0.2, 0.25) is 0 Å². The Hall–Kier alpha value is -3.00. The summed E-state index contributed by atoms with van der Waals surface area (Å²) in [5.74, 6) is 0.249. The van der Waals surface area contributed by atoms with Crippen molar-refractivity contribution in [2.45, 2.75) is 25.1 Å². The van der Waals surface area contributed by atoms with Crippen LogP contribution in [-0.2, 0) is 16.2 Å². The minimum atomic E-state index is -4.51. The summed E-state index contributed by atoms with van der Waals surface area (Å²) in [6.45, 7) is 0.437. The lowest BCUT2D eigenvalue weighted by molar-refractivity contribution is -0.137. The zero-order chi connectivity index (χ0) is 24.2. The first-order valence-electron chi connectivity index (χ1n) is 10.0. The fraction of sp³-hybridized carbons (Fsp3) is 0.474. The van der Waals surface area contributed by atoms with E-state index in [0.717, 1.165) is 23.1 Å². The number of amides is 1. The maximum absolute atomic E-state index is 13.0. The number of nitrogens with zero attached hydrogens (tertiary/aromatic N) is 3. The summed E-state index contributed by atoms with van der Waals surface area (Å²) >= 11 is 0. The molecule has 0 bridgehead atoms. The SMILES string of the molecule is CS(=O)(=O)Nc1ccn(C(=O)N2CCC(Oc3ccc(C(F)(F)F)cc3NCCO)CC2)n1. The number of rotatable bonds is 7. The second kappa shape index (κ2) is 9.87. The number of piperidine rings is 1. The van der Waals surface area contributed by atoms with Crippen molar-refractivity contribution >= 4 is 27.6 Å². The highest BCUT2D eigenvalue weighted by molar-refractivity contribution is 7.92. The van der Waals surface area contributed by atoms with Gasteiger partial charge in [0.1, 0.15) is 11.9 Å². The van der Waals surface area contributed by atoms with Crippen molar-refractivity contribution in [1.29, 1.82) is 0 Å². The first-order chi connectivity index (χ1) is 15.5. The minimum Gasteiger partial charge on any atom is -0.488 e. The van der Waals surface area contributed by atoms with E-state index in [0.29, 0.717) is 25.9 Å². The lowest BCUT2D eigenvalue weighted by atomic mass is 10.1. The molecule has 14 heteroatoms. The van der Waals surface area contributed by atoms with Gasteiger partial charge in [0.15, 0.2) is 5.82 Å². The Labute approximate surface area is 188 Å². The molecule has 1 saturated heterocycles. The molecule has 3 N–H and O–H groups in total. The van der Waals surface area contributed by atoms with Crippen molar-refractivity contribution in [1.82, 2.24) is 14.7 Å². The highest BCUT2D eigenvalue weighted by Gasteiger charge is 2.32. The first-order valence-corrected chi connectivity index (χ1v) is 11.9. The molecule has 2 heterocycles. The lowest BCUT2D eigenvalue weighted by Crippen LogP contribution is -2.43. The number of hydrogen-bond acceptors (Lipinski definition) is 7. The standard InChI is InChI=1S/C19H24F3N5O5S/c1-33(30,31)25-17-6-10-27(24-17)18(29)26-8-4-14(5-9-26)32-16-3-2-13(19(20,21)22)12-15(16)23-7-11-28/h2-3,6,10,12,14,23,28H,4-5,7-9,11H2,1H3,(H,24,25). The van der Waals surface area contributed by atoms with Gasteiger partial charge < -0.3 is 20.1 Å². The second-order valence-corrected chi connectivity index (χ2v) is 9.21. The van der Waals surface area contributed by atoms with Crippen LogP contribution in [0.25, 0.3) is 0 Å². The van der Waals surface area contributed by atoms with Gasteiger partial charge in [-0.15, -0.1) is 5.10 Å². The van der Waals surface area contributed by atoms with Gasteiger partial charge in [0.2, 0.25) is 10.0 Å². The largest absolute Gasteiger partial charge is 0.488 e. The van der Waals surface area contributed by atoms with Gasteiger partial charge in [-0.2, -0.15) is 17.9 Å². The van der Waals surface area contributed by atoms with Crippen LogP contribution in [0.4, 0.5) is 29.5 Å². The van der Waals surface area contributed by atoms with Gasteiger partial charge in [0, 0.05) is 44.7 Å². The van der Waals surface area contributed by atoms with Gasteiger partial charge in [-0.25, -0.2) is 13.2 Å². The first kappa shape index (κ1) is 24.6. The van der Waals surface area contributed by atoms with Crippen molar-refractivity contribution in [3.8, 4) is 5.75 Å². The number of nitrogens with one attached hydrogen (secondary N) is 2. The number of aromatic nitrogens is 2. The minimum absolute atomic E-state index is 0.0225. The summed E-state index contributed by atoms with van der Waals surface area (Å²) in [7, 11) is -3.52. The molecule has 0 aliphatic carbocycles. The van der Waals surface area contributed by atoms with E-state index in [4.69, 9.17) is 9.84 Å². The number of anilines is 2. The summed E-state index contributed by atoms with van der Waals surface area (Å²) in [6.07, 6.45) is -1.66. The van der Waals surface area contributed by atoms with E-state index in [2.05, 4.69) is 15.1 Å². The van der Waals surface area contributed by atoms with Gasteiger partial charge in [0.05, 0.1) is 24.1 Å². The predicted molar refractivity (Wildman–Crippen MR) is 114 cm³/mol. The topological polar surface area (TPSA) is 126 Å². The molecule has 0 unspecified atom stereocenters. The van der Waals surface area contributed by atoms with Crippen LogP contribution >= 0.6 is 0 Å². The molecule has 0 spiro atoms. The summed E-state index contributed by atoms with van der Waals surface area (Å²) in [5, 5.41) is 15.6. The summed E-state index contributed by atoms with van der Waals surface area (Å²) < 4.78 is 70.7. The number of ether oxygens (including phenoxy) is 1. The predicted octanol–water partition coefficient (Wildman–Crippen LogP) is 2.19. The molecule has 1 amide bonds. The number of benzene rings is 1. The van der Waals surface area contributed by atoms with Gasteiger partial charge in [0.25, 0.3) is 0 Å². The van der Waals surface area contributed by atoms with Gasteiger partial charge in [-0.3, -0.25) is 4.72 Å². The molecule has 3 rings (SSSR count). The van der Waals surface area contributed by atoms with Crippen LogP contribution in [0, 0.1) is 0 Å². The number of carbonyl (C=O) groups excluding carboxylic acids is 1. The molecule has 1 aromatic carbocycles. The highest BCUT2D eigenvalue weighted by Crippen LogP contribution is 2.36. The zero-order valence-electron chi connectivity index (χ0n) is 17.7. The maximum atomic E-state index is 13.0. The van der Waals surface area contributed by atoms with Crippen LogP contribution in [0.1, 0.15) is 18.4 Å². The number of aliphatic hydroxyl groups is 1. The number of aliphatic hydroxyl groups excluding tert-OH is 1. The van der Waals surface area contributed by atoms with Gasteiger partial charge >= 0.3 is 12.2 Å². The molecule has 1 aliphatic rings. The Morgan fingerprint density at radius 2 is 1.97 bits per heavy atom. The van der Waals surface area contributed by atoms with Crippen molar-refractivity contribution in [3.63, 3.8) is 0 Å². The second-order valence-electron chi connectivity index (χ2n) is 7.47. The van der Waals surface area contributed by atoms with Gasteiger partial charge in [-0.1, -0.05) is 0 Å². The average Bonchev–Trinajstić information content (AvgIpc) is 3.19. The molecule has 1 fully saturated rings. The summed E-state index contributed by atoms with van der Waals surface area (Å²) in [5.41, 5.74) is -0.709. The van der Waals surface area contributed by atoms with Crippen molar-refractivity contribution < 1.29 is 36.2 Å². The molecule has 33 heavy (non-hydrogen) atoms. The number of alkyl halides is 3. The quantitative estimate of drug-likeness (QED) is 0.542. The molecule has 182 valence electrons. The van der Waals surface area contributed by atoms with Crippen LogP contribution < -0.4 is 14.8 Å². The molecule has 0 saturated carbocycles. The fourth-order valence-electron chi connectivity index (χ4n) is 3.30. The summed E-state index contributed by atoms with van der Waals surface area (Å²) in [6, 6.07) is 4.02. The van der Waals surface area contributed by atoms with Crippen molar-refractivity contribution in [2.24, 2.45) is 0 Å². The van der Waals surface area contributed by atoms with Crippen molar-refractivity contribution in [2.75, 3.05) is 42.5 Å². The van der Waals surface area contributed by atoms with Crippen LogP contribution in [0.5, 0.6) is 5.75 Å². The van der Waals surface area contributed by atoms with E-state index in [-0.39, 0.29) is 36.5 Å². The fourth-order valence-corrected chi connectivity index (χ4v) is 3.79. The molecular weight excluding hydrogens is 467 g/mol. The van der Waals surface area contributed by atoms with E-state index in [1.807, 2.05) is 0 Å². The zero-order valence-corrected chi connectivity index (χ0v) is 18.5. The average molecular weight is 491 g/mol. The Balaban J connectivity index is 1.61. The molecular formula is C19H24F3N5O5S. The Morgan fingerprint density at radius 3 is 2.58 bits per heavy atom. The van der Waals surface area contributed by atoms with Crippen LogP contribution in [0.15, 0.2) is 30.5 Å². The Bertz CT molecular complexity index is 1080. The van der Waals surface area contributed by atoms with Gasteiger partial charge in [-0.05, 0) is 18.2 Å². The Kier molecular flexibility index (Phi) is 7.37. The third-order valence-electron chi connectivity index (χ3n) is 4.82. The smallest absolute Gasteiger partial charge is 0.416 e. The normalized spacial score (nSPS) is 15.4. The molecule has 0 radical (unpaired) electrons. The lowest BCUT2D eigenvalue weighted by Gasteiger charge is -2.32. The Morgan fingerprint density at radius 1 is 1.27 bits per heavy atom. The molecule has 1 aliphatic heterocycles. The van der Waals surface area contributed by atoms with Crippen molar-refractivity contribution in [3.05, 3.63) is 36.0 Å². The molecule has 1 aromatic heterocycles. The molecule has 10 nitrogen and oxygen atoms in total. The molecule has 2 aromatic rings. The van der Waals surface area contributed by atoms with Crippen LogP contribution in [-0.4, -0.2) is 72.8 Å². The van der Waals surface area contributed by atoms with E-state index in [1.54, 1.807) is 0 Å². The summed E-state index contributed by atoms with van der Waals surface area (Å²) in [4.78, 5) is 14.1. The third kappa shape index (κ3) is 6.74. The number of likely N-dealkylation sites (tertiary alicyclic amines) is 1. The molecule has 0 atom stereocenters. The maximum Gasteiger partial charge on any atom is 0.416 e. The van der Waals surface area contributed by atoms with E-state index < -0.39 is 27.8 Å². The third-order valence-corrected chi connectivity index (χ3v) is 5.40. The number of sulfonamides is 1.